The van der Waals surface area contributed by atoms with Gasteiger partial charge < -0.3 is 5.11 Å². The summed E-state index contributed by atoms with van der Waals surface area (Å²) in [5.41, 5.74) is 0. The van der Waals surface area contributed by atoms with E-state index in [4.69, 9.17) is 11.5 Å². The molecule has 0 saturated heterocycles. The lowest BCUT2D eigenvalue weighted by molar-refractivity contribution is 0.171. The molecule has 9 heavy (non-hydrogen) atoms. The van der Waals surface area contributed by atoms with Gasteiger partial charge in [-0.3, -0.25) is 0 Å². The molecule has 1 nitrogen and oxygen atoms in total. The topological polar surface area (TPSA) is 20.2 Å². The summed E-state index contributed by atoms with van der Waals surface area (Å²) in [7, 11) is 0. The van der Waals surface area contributed by atoms with Crippen LogP contribution in [-0.4, -0.2) is 11.2 Å². The lowest BCUT2D eigenvalue weighted by atomic mass is 10.1. The number of terminal acetylenes is 1. The Kier molecular flexibility index (Phi) is 4.95. The zero-order valence-corrected chi connectivity index (χ0v) is 5.51. The highest BCUT2D eigenvalue weighted by atomic mass is 16.3. The highest BCUT2D eigenvalue weighted by molar-refractivity contribution is 4.87. The first-order chi connectivity index (χ1) is 4.31. The van der Waals surface area contributed by atoms with Gasteiger partial charge in [-0.15, -0.1) is 18.9 Å². The first-order valence-electron chi connectivity index (χ1n) is 3.03. The van der Waals surface area contributed by atoms with Gasteiger partial charge in [0.25, 0.3) is 0 Å². The summed E-state index contributed by atoms with van der Waals surface area (Å²) in [4.78, 5) is 0. The van der Waals surface area contributed by atoms with Gasteiger partial charge in [-0.25, -0.2) is 0 Å². The molecule has 0 amide bonds. The third-order valence-electron chi connectivity index (χ3n) is 1.06. The number of aliphatic hydroxyl groups excluding tert-OH is 1. The van der Waals surface area contributed by atoms with Crippen molar-refractivity contribution in [2.75, 3.05) is 0 Å². The van der Waals surface area contributed by atoms with Crippen LogP contribution in [-0.2, 0) is 0 Å². The Balaban J connectivity index is 3.17. The van der Waals surface area contributed by atoms with Crippen molar-refractivity contribution in [2.45, 2.75) is 25.4 Å². The lowest BCUT2D eigenvalue weighted by Crippen LogP contribution is -2.03. The lowest BCUT2D eigenvalue weighted by Gasteiger charge is -2.02. The number of hydrogen-bond acceptors (Lipinski definition) is 1. The van der Waals surface area contributed by atoms with Gasteiger partial charge in [-0.05, 0) is 12.8 Å². The molecule has 0 saturated carbocycles. The second-order valence-electron chi connectivity index (χ2n) is 1.93. The van der Waals surface area contributed by atoms with Gasteiger partial charge in [0.2, 0.25) is 0 Å². The molecule has 0 aromatic carbocycles. The molecule has 0 rings (SSSR count). The molecule has 0 aromatic rings. The number of hydrogen-bond donors (Lipinski definition) is 1. The SMILES string of the molecule is C#CCC(O)CCC=C. The summed E-state index contributed by atoms with van der Waals surface area (Å²) in [6.07, 6.45) is 8.42. The van der Waals surface area contributed by atoms with E-state index >= 15 is 0 Å². The standard InChI is InChI=1S/C8H12O/c1-3-5-7-8(9)6-4-2/h2-3,8-9H,1,5-7H2. The van der Waals surface area contributed by atoms with Crippen molar-refractivity contribution in [3.8, 4) is 12.3 Å². The average molecular weight is 124 g/mol. The van der Waals surface area contributed by atoms with Crippen LogP contribution in [0.3, 0.4) is 0 Å². The van der Waals surface area contributed by atoms with Crippen LogP contribution in [0.5, 0.6) is 0 Å². The Bertz CT molecular complexity index is 110. The van der Waals surface area contributed by atoms with E-state index in [1.54, 1.807) is 6.08 Å². The maximum atomic E-state index is 8.99. The van der Waals surface area contributed by atoms with Crippen LogP contribution in [0.4, 0.5) is 0 Å². The Morgan fingerprint density at radius 2 is 2.44 bits per heavy atom. The molecule has 0 radical (unpaired) electrons. The maximum Gasteiger partial charge on any atom is 0.0652 e. The maximum absolute atomic E-state index is 8.99. The highest BCUT2D eigenvalue weighted by Crippen LogP contribution is 1.99. The molecule has 0 fully saturated rings. The predicted molar refractivity (Wildman–Crippen MR) is 38.9 cm³/mol. The summed E-state index contributed by atoms with van der Waals surface area (Å²) in [6, 6.07) is 0. The van der Waals surface area contributed by atoms with Crippen LogP contribution in [0.2, 0.25) is 0 Å². The van der Waals surface area contributed by atoms with Gasteiger partial charge in [0.15, 0.2) is 0 Å². The van der Waals surface area contributed by atoms with Gasteiger partial charge in [0, 0.05) is 6.42 Å². The summed E-state index contributed by atoms with van der Waals surface area (Å²) in [6.45, 7) is 3.53. The minimum atomic E-state index is -0.340. The van der Waals surface area contributed by atoms with Gasteiger partial charge in [-0.2, -0.15) is 0 Å². The molecule has 0 spiro atoms. The molecule has 1 N–H and O–H groups in total. The first kappa shape index (κ1) is 8.26. The summed E-state index contributed by atoms with van der Waals surface area (Å²) >= 11 is 0. The van der Waals surface area contributed by atoms with E-state index in [-0.39, 0.29) is 6.10 Å². The second kappa shape index (κ2) is 5.40. The van der Waals surface area contributed by atoms with Gasteiger partial charge in [-0.1, -0.05) is 6.08 Å². The van der Waals surface area contributed by atoms with E-state index < -0.39 is 0 Å². The molecule has 0 heterocycles. The van der Waals surface area contributed by atoms with Crippen molar-refractivity contribution >= 4 is 0 Å². The monoisotopic (exact) mass is 124 g/mol. The van der Waals surface area contributed by atoms with E-state index in [2.05, 4.69) is 12.5 Å². The van der Waals surface area contributed by atoms with Crippen LogP contribution in [0.25, 0.3) is 0 Å². The molecular formula is C8H12O. The molecule has 1 atom stereocenters. The van der Waals surface area contributed by atoms with E-state index in [0.717, 1.165) is 12.8 Å². The second-order valence-corrected chi connectivity index (χ2v) is 1.93. The molecule has 0 aromatic heterocycles. The largest absolute Gasteiger partial charge is 0.392 e. The molecule has 0 bridgehead atoms. The van der Waals surface area contributed by atoms with Crippen molar-refractivity contribution in [3.63, 3.8) is 0 Å². The van der Waals surface area contributed by atoms with Crippen LogP contribution in [0, 0.1) is 12.3 Å². The van der Waals surface area contributed by atoms with E-state index in [1.807, 2.05) is 0 Å². The number of rotatable bonds is 4. The van der Waals surface area contributed by atoms with Crippen LogP contribution in [0.15, 0.2) is 12.7 Å². The minimum Gasteiger partial charge on any atom is -0.392 e. The Morgan fingerprint density at radius 3 is 2.89 bits per heavy atom. The number of allylic oxidation sites excluding steroid dienone is 1. The molecule has 50 valence electrons. The molecule has 0 aliphatic heterocycles. The molecule has 0 aliphatic carbocycles. The Labute approximate surface area is 56.4 Å². The fraction of sp³-hybridized carbons (Fsp3) is 0.500. The van der Waals surface area contributed by atoms with E-state index in [1.165, 1.54) is 0 Å². The van der Waals surface area contributed by atoms with Crippen molar-refractivity contribution in [2.24, 2.45) is 0 Å². The van der Waals surface area contributed by atoms with E-state index in [9.17, 15) is 0 Å². The first-order valence-corrected chi connectivity index (χ1v) is 3.03. The average Bonchev–Trinajstić information content (AvgIpc) is 1.85. The third kappa shape index (κ3) is 5.13. The van der Waals surface area contributed by atoms with Crippen LogP contribution >= 0.6 is 0 Å². The fourth-order valence-corrected chi connectivity index (χ4v) is 0.548. The van der Waals surface area contributed by atoms with Gasteiger partial charge >= 0.3 is 0 Å². The van der Waals surface area contributed by atoms with Crippen LogP contribution in [0.1, 0.15) is 19.3 Å². The zero-order valence-electron chi connectivity index (χ0n) is 5.51. The smallest absolute Gasteiger partial charge is 0.0652 e. The summed E-state index contributed by atoms with van der Waals surface area (Å²) in [5.74, 6) is 2.39. The highest BCUT2D eigenvalue weighted by Gasteiger charge is 1.97. The molecule has 1 heteroatoms. The minimum absolute atomic E-state index is 0.340. The molecule has 1 unspecified atom stereocenters. The predicted octanol–water partition coefficient (Wildman–Crippen LogP) is 1.34. The third-order valence-corrected chi connectivity index (χ3v) is 1.06. The molecular weight excluding hydrogens is 112 g/mol. The Hall–Kier alpha value is -0.740. The van der Waals surface area contributed by atoms with Gasteiger partial charge in [0.1, 0.15) is 0 Å². The van der Waals surface area contributed by atoms with Crippen LogP contribution < -0.4 is 0 Å². The Morgan fingerprint density at radius 1 is 1.78 bits per heavy atom. The van der Waals surface area contributed by atoms with Crippen molar-refractivity contribution in [1.82, 2.24) is 0 Å². The summed E-state index contributed by atoms with van der Waals surface area (Å²) in [5, 5.41) is 8.99. The zero-order chi connectivity index (χ0) is 7.11. The van der Waals surface area contributed by atoms with Crippen molar-refractivity contribution < 1.29 is 5.11 Å². The normalized spacial score (nSPS) is 12.0. The van der Waals surface area contributed by atoms with Crippen molar-refractivity contribution in [3.05, 3.63) is 12.7 Å². The number of aliphatic hydroxyl groups is 1. The van der Waals surface area contributed by atoms with Gasteiger partial charge in [0.05, 0.1) is 6.10 Å². The quantitative estimate of drug-likeness (QED) is 0.443. The fourth-order valence-electron chi connectivity index (χ4n) is 0.548. The van der Waals surface area contributed by atoms with E-state index in [0.29, 0.717) is 6.42 Å². The van der Waals surface area contributed by atoms with Crippen molar-refractivity contribution in [1.29, 1.82) is 0 Å². The molecule has 0 aliphatic rings. The summed E-state index contributed by atoms with van der Waals surface area (Å²) < 4.78 is 0.